The first-order chi connectivity index (χ1) is 6.60. The molecule has 80 valence electrons. The zero-order chi connectivity index (χ0) is 10.7. The standard InChI is InChI=1S/C11H20N2S/c1-5-10-13-8(4)11(14-10)9(6-12)7(2)3/h7,9H,5-6,12H2,1-4H3. The molecule has 2 N–H and O–H groups in total. The first-order valence-corrected chi connectivity index (χ1v) is 6.08. The molecule has 0 saturated heterocycles. The maximum Gasteiger partial charge on any atom is 0.0928 e. The second kappa shape index (κ2) is 4.89. The fourth-order valence-electron chi connectivity index (χ4n) is 1.64. The molecular weight excluding hydrogens is 192 g/mol. The van der Waals surface area contributed by atoms with Gasteiger partial charge in [0.1, 0.15) is 0 Å². The maximum absolute atomic E-state index is 5.80. The summed E-state index contributed by atoms with van der Waals surface area (Å²) in [7, 11) is 0. The fourth-order valence-corrected chi connectivity index (χ4v) is 2.94. The number of rotatable bonds is 4. The van der Waals surface area contributed by atoms with Crippen molar-refractivity contribution >= 4 is 11.3 Å². The molecule has 0 radical (unpaired) electrons. The molecule has 1 atom stereocenters. The third kappa shape index (κ3) is 2.34. The molecule has 1 rings (SSSR count). The number of nitrogens with two attached hydrogens (primary N) is 1. The van der Waals surface area contributed by atoms with Gasteiger partial charge in [0.25, 0.3) is 0 Å². The fraction of sp³-hybridized carbons (Fsp3) is 0.727. The van der Waals surface area contributed by atoms with E-state index in [0.717, 1.165) is 13.0 Å². The lowest BCUT2D eigenvalue weighted by Gasteiger charge is -2.17. The summed E-state index contributed by atoms with van der Waals surface area (Å²) < 4.78 is 0. The van der Waals surface area contributed by atoms with Crippen LogP contribution < -0.4 is 5.73 Å². The average Bonchev–Trinajstić information content (AvgIpc) is 2.48. The smallest absolute Gasteiger partial charge is 0.0928 e. The summed E-state index contributed by atoms with van der Waals surface area (Å²) in [5, 5.41) is 1.23. The van der Waals surface area contributed by atoms with Crippen LogP contribution in [0.4, 0.5) is 0 Å². The second-order valence-corrected chi connectivity index (χ2v) is 5.11. The van der Waals surface area contributed by atoms with Crippen LogP contribution in [0.1, 0.15) is 42.3 Å². The van der Waals surface area contributed by atoms with Crippen molar-refractivity contribution in [3.63, 3.8) is 0 Å². The molecule has 1 heterocycles. The molecule has 0 aliphatic rings. The Morgan fingerprint density at radius 1 is 1.43 bits per heavy atom. The van der Waals surface area contributed by atoms with E-state index in [1.54, 1.807) is 0 Å². The van der Waals surface area contributed by atoms with Gasteiger partial charge in [-0.2, -0.15) is 0 Å². The quantitative estimate of drug-likeness (QED) is 0.833. The van der Waals surface area contributed by atoms with Crippen molar-refractivity contribution in [3.8, 4) is 0 Å². The van der Waals surface area contributed by atoms with E-state index in [1.807, 2.05) is 11.3 Å². The predicted octanol–water partition coefficient (Wildman–Crippen LogP) is 2.71. The minimum absolute atomic E-state index is 0.479. The van der Waals surface area contributed by atoms with Crippen LogP contribution in [-0.4, -0.2) is 11.5 Å². The number of hydrogen-bond acceptors (Lipinski definition) is 3. The van der Waals surface area contributed by atoms with Crippen LogP contribution in [0.5, 0.6) is 0 Å². The molecule has 1 unspecified atom stereocenters. The highest BCUT2D eigenvalue weighted by atomic mass is 32.1. The first kappa shape index (κ1) is 11.7. The summed E-state index contributed by atoms with van der Waals surface area (Å²) in [5.41, 5.74) is 6.98. The van der Waals surface area contributed by atoms with Gasteiger partial charge >= 0.3 is 0 Å². The van der Waals surface area contributed by atoms with Crippen LogP contribution >= 0.6 is 11.3 Å². The Labute approximate surface area is 90.6 Å². The Balaban J connectivity index is 2.97. The summed E-state index contributed by atoms with van der Waals surface area (Å²) in [6, 6.07) is 0. The summed E-state index contributed by atoms with van der Waals surface area (Å²) in [4.78, 5) is 5.93. The van der Waals surface area contributed by atoms with Crippen LogP contribution in [0.15, 0.2) is 0 Å². The zero-order valence-corrected chi connectivity index (χ0v) is 10.3. The molecule has 0 saturated carbocycles. The Morgan fingerprint density at radius 3 is 2.43 bits per heavy atom. The lowest BCUT2D eigenvalue weighted by Crippen LogP contribution is -2.17. The van der Waals surface area contributed by atoms with Crippen LogP contribution in [0.3, 0.4) is 0 Å². The Kier molecular flexibility index (Phi) is 4.08. The van der Waals surface area contributed by atoms with Gasteiger partial charge in [0.2, 0.25) is 0 Å². The van der Waals surface area contributed by atoms with Crippen molar-refractivity contribution in [1.29, 1.82) is 0 Å². The monoisotopic (exact) mass is 212 g/mol. The number of thiazole rings is 1. The van der Waals surface area contributed by atoms with Gasteiger partial charge in [0, 0.05) is 17.3 Å². The van der Waals surface area contributed by atoms with E-state index in [-0.39, 0.29) is 0 Å². The van der Waals surface area contributed by atoms with E-state index in [1.165, 1.54) is 15.6 Å². The lowest BCUT2D eigenvalue weighted by molar-refractivity contribution is 0.510. The van der Waals surface area contributed by atoms with E-state index in [0.29, 0.717) is 11.8 Å². The topological polar surface area (TPSA) is 38.9 Å². The van der Waals surface area contributed by atoms with Gasteiger partial charge in [0.05, 0.1) is 10.7 Å². The maximum atomic E-state index is 5.80. The molecule has 0 aromatic carbocycles. The third-order valence-corrected chi connectivity index (χ3v) is 4.01. The van der Waals surface area contributed by atoms with Crippen molar-refractivity contribution < 1.29 is 0 Å². The number of aryl methyl sites for hydroxylation is 2. The minimum atomic E-state index is 0.479. The third-order valence-electron chi connectivity index (χ3n) is 2.57. The molecule has 2 nitrogen and oxygen atoms in total. The molecule has 0 spiro atoms. The zero-order valence-electron chi connectivity index (χ0n) is 9.50. The first-order valence-electron chi connectivity index (χ1n) is 5.26. The van der Waals surface area contributed by atoms with Gasteiger partial charge in [-0.1, -0.05) is 20.8 Å². The van der Waals surface area contributed by atoms with Crippen molar-refractivity contribution in [2.45, 2.75) is 40.0 Å². The molecule has 0 bridgehead atoms. The molecule has 0 aliphatic carbocycles. The molecule has 14 heavy (non-hydrogen) atoms. The van der Waals surface area contributed by atoms with E-state index < -0.39 is 0 Å². The number of nitrogens with zero attached hydrogens (tertiary/aromatic N) is 1. The minimum Gasteiger partial charge on any atom is -0.330 e. The molecule has 1 aromatic rings. The summed E-state index contributed by atoms with van der Waals surface area (Å²) in [6.45, 7) is 9.42. The van der Waals surface area contributed by atoms with Crippen LogP contribution in [-0.2, 0) is 6.42 Å². The van der Waals surface area contributed by atoms with Crippen molar-refractivity contribution in [3.05, 3.63) is 15.6 Å². The van der Waals surface area contributed by atoms with Gasteiger partial charge < -0.3 is 5.73 Å². The molecule has 3 heteroatoms. The molecule has 1 aromatic heterocycles. The van der Waals surface area contributed by atoms with Gasteiger partial charge in [-0.3, -0.25) is 0 Å². The van der Waals surface area contributed by atoms with Crippen LogP contribution in [0.2, 0.25) is 0 Å². The summed E-state index contributed by atoms with van der Waals surface area (Å²) >= 11 is 1.83. The Hall–Kier alpha value is -0.410. The summed E-state index contributed by atoms with van der Waals surface area (Å²) in [5.74, 6) is 1.08. The molecule has 0 fully saturated rings. The Morgan fingerprint density at radius 2 is 2.07 bits per heavy atom. The SMILES string of the molecule is CCc1nc(C)c(C(CN)C(C)C)s1. The highest BCUT2D eigenvalue weighted by Gasteiger charge is 2.19. The van der Waals surface area contributed by atoms with Crippen molar-refractivity contribution in [1.82, 2.24) is 4.98 Å². The van der Waals surface area contributed by atoms with Gasteiger partial charge in [0.15, 0.2) is 0 Å². The van der Waals surface area contributed by atoms with E-state index in [4.69, 9.17) is 5.73 Å². The lowest BCUT2D eigenvalue weighted by atomic mass is 9.94. The van der Waals surface area contributed by atoms with Crippen LogP contribution in [0.25, 0.3) is 0 Å². The Bertz CT molecular complexity index is 291. The van der Waals surface area contributed by atoms with Gasteiger partial charge in [-0.15, -0.1) is 11.3 Å². The number of hydrogen-bond donors (Lipinski definition) is 1. The molecule has 0 amide bonds. The van der Waals surface area contributed by atoms with E-state index >= 15 is 0 Å². The molecular formula is C11H20N2S. The second-order valence-electron chi connectivity index (χ2n) is 4.00. The normalized spacial score (nSPS) is 13.6. The molecule has 0 aliphatic heterocycles. The highest BCUT2D eigenvalue weighted by molar-refractivity contribution is 7.11. The summed E-state index contributed by atoms with van der Waals surface area (Å²) in [6.07, 6.45) is 1.03. The predicted molar refractivity (Wildman–Crippen MR) is 62.9 cm³/mol. The van der Waals surface area contributed by atoms with Crippen molar-refractivity contribution in [2.75, 3.05) is 6.54 Å². The largest absolute Gasteiger partial charge is 0.330 e. The van der Waals surface area contributed by atoms with Crippen molar-refractivity contribution in [2.24, 2.45) is 11.7 Å². The van der Waals surface area contributed by atoms with Crippen LogP contribution in [0, 0.1) is 12.8 Å². The van der Waals surface area contributed by atoms with E-state index in [9.17, 15) is 0 Å². The average molecular weight is 212 g/mol. The van der Waals surface area contributed by atoms with Gasteiger partial charge in [-0.25, -0.2) is 4.98 Å². The number of aromatic nitrogens is 1. The highest BCUT2D eigenvalue weighted by Crippen LogP contribution is 2.31. The van der Waals surface area contributed by atoms with Gasteiger partial charge in [-0.05, 0) is 19.3 Å². The van der Waals surface area contributed by atoms with E-state index in [2.05, 4.69) is 32.7 Å².